The minimum Gasteiger partial charge on any atom is -0.507 e. The normalized spacial score (nSPS) is 11.6. The highest BCUT2D eigenvalue weighted by Crippen LogP contribution is 2.39. The number of benzene rings is 3. The van der Waals surface area contributed by atoms with Crippen LogP contribution in [0.25, 0.3) is 27.8 Å². The summed E-state index contributed by atoms with van der Waals surface area (Å²) >= 11 is 0. The van der Waals surface area contributed by atoms with Crippen molar-refractivity contribution in [2.45, 2.75) is 39.5 Å². The Morgan fingerprint density at radius 2 is 1.39 bits per heavy atom. The number of hydrogen-bond acceptors (Lipinski definition) is 3. The number of hydrogen-bond donors (Lipinski definition) is 1. The van der Waals surface area contributed by atoms with Crippen LogP contribution in [0.15, 0.2) is 60.7 Å². The number of phenols is 1. The third kappa shape index (κ3) is 3.26. The number of phenolic OH excluding ortho intramolecular Hbond substituents is 1. The fourth-order valence-electron chi connectivity index (χ4n) is 3.42. The number of fused-ring (bicyclic) bond motifs is 1. The van der Waals surface area contributed by atoms with Gasteiger partial charge >= 0.3 is 0 Å². The molecule has 0 bridgehead atoms. The molecule has 142 valence electrons. The summed E-state index contributed by atoms with van der Waals surface area (Å²) in [4.78, 5) is 1.65. The van der Waals surface area contributed by atoms with Crippen LogP contribution in [0.1, 0.15) is 50.7 Å². The van der Waals surface area contributed by atoms with Crippen LogP contribution >= 0.6 is 0 Å². The Morgan fingerprint density at radius 1 is 0.786 bits per heavy atom. The van der Waals surface area contributed by atoms with Gasteiger partial charge in [-0.3, -0.25) is 0 Å². The van der Waals surface area contributed by atoms with Crippen molar-refractivity contribution in [1.29, 1.82) is 0 Å². The predicted octanol–water partition coefficient (Wildman–Crippen LogP) is 6.04. The van der Waals surface area contributed by atoms with E-state index in [0.717, 1.165) is 33.4 Å². The van der Waals surface area contributed by atoms with E-state index in [1.807, 2.05) is 48.5 Å². The van der Waals surface area contributed by atoms with Crippen molar-refractivity contribution in [3.8, 4) is 22.6 Å². The molecule has 0 saturated carbocycles. The first-order valence-corrected chi connectivity index (χ1v) is 9.73. The third-order valence-corrected chi connectivity index (χ3v) is 5.15. The first-order valence-electron chi connectivity index (χ1n) is 9.73. The maximum atomic E-state index is 10.9. The molecule has 1 heterocycles. The van der Waals surface area contributed by atoms with Crippen molar-refractivity contribution >= 4 is 11.0 Å². The molecule has 28 heavy (non-hydrogen) atoms. The topological polar surface area (TPSA) is 50.9 Å². The van der Waals surface area contributed by atoms with E-state index >= 15 is 0 Å². The minimum absolute atomic E-state index is 0.262. The van der Waals surface area contributed by atoms with Crippen LogP contribution in [0.4, 0.5) is 0 Å². The molecule has 0 saturated heterocycles. The number of rotatable bonds is 4. The molecule has 0 unspecified atom stereocenters. The summed E-state index contributed by atoms with van der Waals surface area (Å²) in [7, 11) is 0. The van der Waals surface area contributed by atoms with E-state index in [1.54, 1.807) is 4.80 Å². The summed E-state index contributed by atoms with van der Waals surface area (Å²) in [6, 6.07) is 20.1. The lowest BCUT2D eigenvalue weighted by atomic mass is 9.89. The fourth-order valence-corrected chi connectivity index (χ4v) is 3.42. The first-order chi connectivity index (χ1) is 13.4. The van der Waals surface area contributed by atoms with E-state index in [4.69, 9.17) is 0 Å². The van der Waals surface area contributed by atoms with Gasteiger partial charge in [-0.05, 0) is 58.9 Å². The van der Waals surface area contributed by atoms with Crippen LogP contribution in [0.3, 0.4) is 0 Å². The lowest BCUT2D eigenvalue weighted by Crippen LogP contribution is -1.99. The summed E-state index contributed by atoms with van der Waals surface area (Å²) in [5.41, 5.74) is 6.72. The van der Waals surface area contributed by atoms with E-state index in [0.29, 0.717) is 11.7 Å². The van der Waals surface area contributed by atoms with E-state index in [9.17, 15) is 5.11 Å². The Morgan fingerprint density at radius 3 is 1.93 bits per heavy atom. The van der Waals surface area contributed by atoms with E-state index in [-0.39, 0.29) is 5.92 Å². The van der Waals surface area contributed by atoms with Crippen LogP contribution in [0.5, 0.6) is 5.75 Å². The van der Waals surface area contributed by atoms with Crippen molar-refractivity contribution in [3.05, 3.63) is 71.8 Å². The second kappa shape index (κ2) is 7.12. The molecule has 4 rings (SSSR count). The van der Waals surface area contributed by atoms with Crippen LogP contribution in [-0.2, 0) is 0 Å². The number of nitrogens with zero attached hydrogens (tertiary/aromatic N) is 3. The van der Waals surface area contributed by atoms with Crippen LogP contribution < -0.4 is 0 Å². The van der Waals surface area contributed by atoms with Gasteiger partial charge in [0, 0.05) is 5.56 Å². The van der Waals surface area contributed by atoms with Gasteiger partial charge < -0.3 is 5.11 Å². The predicted molar refractivity (Wildman–Crippen MR) is 114 cm³/mol. The summed E-state index contributed by atoms with van der Waals surface area (Å²) in [5, 5.41) is 19.9. The molecule has 1 aromatic heterocycles. The Kier molecular flexibility index (Phi) is 4.63. The monoisotopic (exact) mass is 371 g/mol. The highest BCUT2D eigenvalue weighted by molar-refractivity contribution is 5.75. The summed E-state index contributed by atoms with van der Waals surface area (Å²) in [5.74, 6) is 1.03. The molecule has 0 spiro atoms. The molecule has 0 aliphatic rings. The van der Waals surface area contributed by atoms with Gasteiger partial charge in [-0.1, -0.05) is 58.0 Å². The largest absolute Gasteiger partial charge is 0.507 e. The van der Waals surface area contributed by atoms with E-state index in [1.165, 1.54) is 5.56 Å². The molecule has 0 amide bonds. The first kappa shape index (κ1) is 18.2. The van der Waals surface area contributed by atoms with Gasteiger partial charge in [-0.15, -0.1) is 10.2 Å². The van der Waals surface area contributed by atoms with Crippen molar-refractivity contribution < 1.29 is 5.11 Å². The minimum atomic E-state index is 0.262. The Hall–Kier alpha value is -3.14. The van der Waals surface area contributed by atoms with Gasteiger partial charge in [0.05, 0.1) is 5.69 Å². The second-order valence-corrected chi connectivity index (χ2v) is 7.84. The van der Waals surface area contributed by atoms with Crippen molar-refractivity contribution in [3.63, 3.8) is 0 Å². The van der Waals surface area contributed by atoms with Gasteiger partial charge in [0.25, 0.3) is 0 Å². The SMILES string of the molecule is CC(C)c1cc(-c2ccc(-n3nc4ccccc4n3)cc2)c(O)c(C(C)C)c1. The molecule has 0 fully saturated rings. The van der Waals surface area contributed by atoms with Crippen molar-refractivity contribution in [2.75, 3.05) is 0 Å². The van der Waals surface area contributed by atoms with Gasteiger partial charge in [-0.2, -0.15) is 4.80 Å². The van der Waals surface area contributed by atoms with Crippen LogP contribution in [-0.4, -0.2) is 20.1 Å². The second-order valence-electron chi connectivity index (χ2n) is 7.84. The lowest BCUT2D eigenvalue weighted by molar-refractivity contribution is 0.466. The molecular weight excluding hydrogens is 346 g/mol. The zero-order valence-corrected chi connectivity index (χ0v) is 16.7. The summed E-state index contributed by atoms with van der Waals surface area (Å²) < 4.78 is 0. The molecule has 4 aromatic rings. The Bertz CT molecular complexity index is 1090. The molecule has 4 heteroatoms. The zero-order valence-electron chi connectivity index (χ0n) is 16.7. The van der Waals surface area contributed by atoms with E-state index in [2.05, 4.69) is 50.0 Å². The third-order valence-electron chi connectivity index (χ3n) is 5.15. The number of aromatic hydroxyl groups is 1. The van der Waals surface area contributed by atoms with Gasteiger partial charge in [-0.25, -0.2) is 0 Å². The van der Waals surface area contributed by atoms with Crippen molar-refractivity contribution in [1.82, 2.24) is 15.0 Å². The maximum absolute atomic E-state index is 10.9. The van der Waals surface area contributed by atoms with E-state index < -0.39 is 0 Å². The molecule has 3 aromatic carbocycles. The summed E-state index contributed by atoms with van der Waals surface area (Å²) in [6.45, 7) is 8.58. The zero-order chi connectivity index (χ0) is 19.8. The van der Waals surface area contributed by atoms with Gasteiger partial charge in [0.15, 0.2) is 0 Å². The average molecular weight is 371 g/mol. The quantitative estimate of drug-likeness (QED) is 0.476. The smallest absolute Gasteiger partial charge is 0.126 e. The standard InChI is InChI=1S/C24H25N3O/c1-15(2)18-13-20(16(3)4)24(28)21(14-18)17-9-11-19(12-10-17)27-25-22-7-5-6-8-23(22)26-27/h5-16,28H,1-4H3. The maximum Gasteiger partial charge on any atom is 0.126 e. The molecule has 0 atom stereocenters. The molecule has 0 aliphatic heterocycles. The number of aromatic nitrogens is 3. The molecule has 0 aliphatic carbocycles. The van der Waals surface area contributed by atoms with Crippen LogP contribution in [0, 0.1) is 0 Å². The summed E-state index contributed by atoms with van der Waals surface area (Å²) in [6.07, 6.45) is 0. The van der Waals surface area contributed by atoms with Crippen LogP contribution in [0.2, 0.25) is 0 Å². The molecule has 1 N–H and O–H groups in total. The van der Waals surface area contributed by atoms with Gasteiger partial charge in [0.1, 0.15) is 16.8 Å². The highest BCUT2D eigenvalue weighted by Gasteiger charge is 2.16. The fraction of sp³-hybridized carbons (Fsp3) is 0.250. The average Bonchev–Trinajstić information content (AvgIpc) is 3.12. The Labute approximate surface area is 165 Å². The van der Waals surface area contributed by atoms with Gasteiger partial charge in [0.2, 0.25) is 0 Å². The molecule has 0 radical (unpaired) electrons. The molecule has 4 nitrogen and oxygen atoms in total. The molecular formula is C24H25N3O. The van der Waals surface area contributed by atoms with Crippen molar-refractivity contribution in [2.24, 2.45) is 0 Å². The lowest BCUT2D eigenvalue weighted by Gasteiger charge is -2.17. The highest BCUT2D eigenvalue weighted by atomic mass is 16.3. The Balaban J connectivity index is 1.76.